The topological polar surface area (TPSA) is 25.2 Å². The van der Waals surface area contributed by atoms with Crippen LogP contribution in [0.1, 0.15) is 25.0 Å². The second-order valence-corrected chi connectivity index (χ2v) is 8.30. The molecule has 2 nitrogen and oxygen atoms in total. The number of hydrogen-bond donors (Lipinski definition) is 1. The van der Waals surface area contributed by atoms with Crippen molar-refractivity contribution in [3.8, 4) is 11.1 Å². The summed E-state index contributed by atoms with van der Waals surface area (Å²) < 4.78 is 6.22. The highest BCUT2D eigenvalue weighted by Crippen LogP contribution is 2.51. The van der Waals surface area contributed by atoms with Gasteiger partial charge in [0.15, 0.2) is 5.58 Å². The molecule has 0 spiro atoms. The largest absolute Gasteiger partial charge is 0.454 e. The fourth-order valence-corrected chi connectivity index (χ4v) is 4.85. The molecule has 0 aliphatic heterocycles. The third-order valence-corrected chi connectivity index (χ3v) is 6.28. The second-order valence-electron chi connectivity index (χ2n) is 8.30. The van der Waals surface area contributed by atoms with E-state index in [1.165, 1.54) is 22.3 Å². The summed E-state index contributed by atoms with van der Waals surface area (Å²) in [6.07, 6.45) is 0. The summed E-state index contributed by atoms with van der Waals surface area (Å²) in [5, 5.41) is 5.98. The molecule has 0 radical (unpaired) electrons. The zero-order valence-electron chi connectivity index (χ0n) is 16.5. The lowest BCUT2D eigenvalue weighted by atomic mass is 9.82. The molecule has 1 N–H and O–H groups in total. The van der Waals surface area contributed by atoms with Gasteiger partial charge in [0.05, 0.1) is 5.69 Å². The Morgan fingerprint density at radius 2 is 1.34 bits per heavy atom. The standard InChI is InChI=1S/C27H21NO/c1-27(2)20-12-5-3-10-19(20)25-21(27)13-8-14-22(25)28-23-15-7-11-18-17-9-4-6-16-24(17)29-26(18)23/h3-16,28H,1-2H3. The van der Waals surface area contributed by atoms with Gasteiger partial charge >= 0.3 is 0 Å². The van der Waals surface area contributed by atoms with Gasteiger partial charge in [-0.3, -0.25) is 0 Å². The van der Waals surface area contributed by atoms with E-state index in [1.807, 2.05) is 12.1 Å². The molecule has 0 bridgehead atoms. The smallest absolute Gasteiger partial charge is 0.158 e. The number of furan rings is 1. The quantitative estimate of drug-likeness (QED) is 0.343. The number of anilines is 2. The lowest BCUT2D eigenvalue weighted by Crippen LogP contribution is -2.14. The van der Waals surface area contributed by atoms with Crippen LogP contribution in [0.15, 0.2) is 89.3 Å². The fourth-order valence-electron chi connectivity index (χ4n) is 4.85. The third kappa shape index (κ3) is 2.23. The van der Waals surface area contributed by atoms with Gasteiger partial charge < -0.3 is 9.73 Å². The average Bonchev–Trinajstić information content (AvgIpc) is 3.23. The zero-order valence-corrected chi connectivity index (χ0v) is 16.5. The highest BCUT2D eigenvalue weighted by Gasteiger charge is 2.36. The summed E-state index contributed by atoms with van der Waals surface area (Å²) >= 11 is 0. The molecule has 29 heavy (non-hydrogen) atoms. The van der Waals surface area contributed by atoms with Gasteiger partial charge in [0.1, 0.15) is 5.58 Å². The molecular formula is C27H21NO. The first-order valence-electron chi connectivity index (χ1n) is 10.1. The van der Waals surface area contributed by atoms with E-state index in [0.717, 1.165) is 33.3 Å². The predicted octanol–water partition coefficient (Wildman–Crippen LogP) is 7.64. The van der Waals surface area contributed by atoms with Crippen molar-refractivity contribution < 1.29 is 4.42 Å². The molecule has 0 amide bonds. The van der Waals surface area contributed by atoms with E-state index in [9.17, 15) is 0 Å². The van der Waals surface area contributed by atoms with Crippen molar-refractivity contribution in [1.82, 2.24) is 0 Å². The molecule has 6 rings (SSSR count). The minimum absolute atomic E-state index is 0.00497. The Morgan fingerprint density at radius 3 is 2.28 bits per heavy atom. The van der Waals surface area contributed by atoms with E-state index in [1.54, 1.807) is 0 Å². The highest BCUT2D eigenvalue weighted by atomic mass is 16.3. The summed E-state index contributed by atoms with van der Waals surface area (Å²) in [6.45, 7) is 4.61. The molecular weight excluding hydrogens is 354 g/mol. The Hall–Kier alpha value is -3.52. The van der Waals surface area contributed by atoms with Gasteiger partial charge in [-0.05, 0) is 34.9 Å². The van der Waals surface area contributed by atoms with Crippen molar-refractivity contribution in [3.63, 3.8) is 0 Å². The first-order valence-corrected chi connectivity index (χ1v) is 10.1. The van der Waals surface area contributed by atoms with E-state index in [4.69, 9.17) is 4.42 Å². The van der Waals surface area contributed by atoms with E-state index in [-0.39, 0.29) is 5.41 Å². The predicted molar refractivity (Wildman–Crippen MR) is 121 cm³/mol. The van der Waals surface area contributed by atoms with E-state index >= 15 is 0 Å². The molecule has 5 aromatic rings. The number of fused-ring (bicyclic) bond motifs is 6. The molecule has 0 fully saturated rings. The summed E-state index contributed by atoms with van der Waals surface area (Å²) in [4.78, 5) is 0. The van der Waals surface area contributed by atoms with Gasteiger partial charge in [-0.2, -0.15) is 0 Å². The Morgan fingerprint density at radius 1 is 0.655 bits per heavy atom. The molecule has 0 unspecified atom stereocenters. The van der Waals surface area contributed by atoms with Crippen LogP contribution in [-0.4, -0.2) is 0 Å². The number of para-hydroxylation sites is 2. The van der Waals surface area contributed by atoms with Crippen LogP contribution in [0.2, 0.25) is 0 Å². The van der Waals surface area contributed by atoms with Gasteiger partial charge in [-0.1, -0.05) is 80.6 Å². The molecule has 0 saturated heterocycles. The van der Waals surface area contributed by atoms with Crippen molar-refractivity contribution >= 4 is 33.3 Å². The Kier molecular flexibility index (Phi) is 3.25. The van der Waals surface area contributed by atoms with Crippen molar-refractivity contribution in [2.24, 2.45) is 0 Å². The van der Waals surface area contributed by atoms with Crippen molar-refractivity contribution in [3.05, 3.63) is 96.1 Å². The van der Waals surface area contributed by atoms with E-state index < -0.39 is 0 Å². The van der Waals surface area contributed by atoms with Crippen LogP contribution >= 0.6 is 0 Å². The van der Waals surface area contributed by atoms with Gasteiger partial charge in [0, 0.05) is 27.4 Å². The summed E-state index contributed by atoms with van der Waals surface area (Å²) in [5.41, 5.74) is 9.27. The molecule has 1 aromatic heterocycles. The number of hydrogen-bond acceptors (Lipinski definition) is 2. The summed E-state index contributed by atoms with van der Waals surface area (Å²) in [5.74, 6) is 0. The number of benzene rings is 4. The molecule has 1 aliphatic rings. The van der Waals surface area contributed by atoms with Crippen LogP contribution in [0.25, 0.3) is 33.1 Å². The van der Waals surface area contributed by atoms with E-state index in [0.29, 0.717) is 0 Å². The normalized spacial score (nSPS) is 14.1. The average molecular weight is 375 g/mol. The van der Waals surface area contributed by atoms with Gasteiger partial charge in [-0.25, -0.2) is 0 Å². The van der Waals surface area contributed by atoms with Gasteiger partial charge in [-0.15, -0.1) is 0 Å². The molecule has 0 saturated carbocycles. The lowest BCUT2D eigenvalue weighted by molar-refractivity contribution is 0.660. The molecule has 0 atom stereocenters. The highest BCUT2D eigenvalue weighted by molar-refractivity contribution is 6.09. The van der Waals surface area contributed by atoms with Crippen LogP contribution in [0.4, 0.5) is 11.4 Å². The molecule has 1 aliphatic carbocycles. The van der Waals surface area contributed by atoms with Crippen LogP contribution in [0.3, 0.4) is 0 Å². The maximum absolute atomic E-state index is 6.22. The molecule has 4 aromatic carbocycles. The summed E-state index contributed by atoms with van der Waals surface area (Å²) in [6, 6.07) is 29.8. The van der Waals surface area contributed by atoms with Crippen molar-refractivity contribution in [2.75, 3.05) is 5.32 Å². The minimum Gasteiger partial charge on any atom is -0.454 e. The lowest BCUT2D eigenvalue weighted by Gasteiger charge is -2.21. The minimum atomic E-state index is -0.00497. The SMILES string of the molecule is CC1(C)c2ccccc2-c2c(Nc3cccc4c3oc3ccccc34)cccc21. The maximum atomic E-state index is 6.22. The van der Waals surface area contributed by atoms with Crippen molar-refractivity contribution in [2.45, 2.75) is 19.3 Å². The van der Waals surface area contributed by atoms with Gasteiger partial charge in [0.2, 0.25) is 0 Å². The van der Waals surface area contributed by atoms with Crippen LogP contribution in [-0.2, 0) is 5.41 Å². The van der Waals surface area contributed by atoms with Gasteiger partial charge in [0.25, 0.3) is 0 Å². The number of nitrogens with one attached hydrogen (secondary N) is 1. The summed E-state index contributed by atoms with van der Waals surface area (Å²) in [7, 11) is 0. The van der Waals surface area contributed by atoms with Crippen molar-refractivity contribution in [1.29, 1.82) is 0 Å². The second kappa shape index (κ2) is 5.74. The Labute approximate surface area is 169 Å². The Bertz CT molecular complexity index is 1410. The number of rotatable bonds is 2. The first-order chi connectivity index (χ1) is 14.1. The van der Waals surface area contributed by atoms with E-state index in [2.05, 4.69) is 92.0 Å². The maximum Gasteiger partial charge on any atom is 0.158 e. The van der Waals surface area contributed by atoms with Crippen LogP contribution < -0.4 is 5.32 Å². The molecule has 1 heterocycles. The van der Waals surface area contributed by atoms with Crippen LogP contribution in [0.5, 0.6) is 0 Å². The molecule has 2 heteroatoms. The molecule has 140 valence electrons. The monoisotopic (exact) mass is 375 g/mol. The Balaban J connectivity index is 1.56. The van der Waals surface area contributed by atoms with Crippen LogP contribution in [0, 0.1) is 0 Å². The zero-order chi connectivity index (χ0) is 19.6. The first kappa shape index (κ1) is 16.4. The third-order valence-electron chi connectivity index (χ3n) is 6.28. The fraction of sp³-hybridized carbons (Fsp3) is 0.111.